The van der Waals surface area contributed by atoms with Gasteiger partial charge in [-0.05, 0) is 31.7 Å². The molecule has 92 valence electrons. The zero-order valence-electron chi connectivity index (χ0n) is 9.50. The molecule has 0 amide bonds. The number of anilines is 1. The van der Waals surface area contributed by atoms with E-state index in [4.69, 9.17) is 0 Å². The summed E-state index contributed by atoms with van der Waals surface area (Å²) in [5.74, 6) is 0. The van der Waals surface area contributed by atoms with E-state index in [1.807, 2.05) is 0 Å². The fraction of sp³-hybridized carbons (Fsp3) is 0.500. The van der Waals surface area contributed by atoms with Gasteiger partial charge in [0.1, 0.15) is 5.69 Å². The molecule has 1 saturated carbocycles. The molecule has 1 aliphatic carbocycles. The molecule has 0 radical (unpaired) electrons. The van der Waals surface area contributed by atoms with E-state index in [9.17, 15) is 15.2 Å². The van der Waals surface area contributed by atoms with Crippen LogP contribution in [0.25, 0.3) is 0 Å². The molecule has 2 atom stereocenters. The smallest absolute Gasteiger partial charge is 0.292 e. The van der Waals surface area contributed by atoms with Crippen molar-refractivity contribution < 1.29 is 10.0 Å². The number of nitro groups is 1. The Morgan fingerprint density at radius 3 is 2.82 bits per heavy atom. The van der Waals surface area contributed by atoms with E-state index in [0.717, 1.165) is 19.3 Å². The Labute approximate surface area is 99.6 Å². The molecule has 0 aromatic heterocycles. The third kappa shape index (κ3) is 2.94. The summed E-state index contributed by atoms with van der Waals surface area (Å²) in [5, 5.41) is 23.6. The van der Waals surface area contributed by atoms with Crippen LogP contribution < -0.4 is 5.32 Å². The lowest BCUT2D eigenvalue weighted by Gasteiger charge is -2.27. The topological polar surface area (TPSA) is 75.4 Å². The largest absolute Gasteiger partial charge is 0.393 e. The van der Waals surface area contributed by atoms with Crippen LogP contribution in [-0.4, -0.2) is 22.2 Å². The van der Waals surface area contributed by atoms with Gasteiger partial charge in [-0.15, -0.1) is 0 Å². The number of nitro benzene ring substituents is 1. The van der Waals surface area contributed by atoms with Crippen molar-refractivity contribution in [3.8, 4) is 0 Å². The highest BCUT2D eigenvalue weighted by Crippen LogP contribution is 2.27. The minimum Gasteiger partial charge on any atom is -0.393 e. The van der Waals surface area contributed by atoms with Gasteiger partial charge in [-0.25, -0.2) is 0 Å². The van der Waals surface area contributed by atoms with Crippen molar-refractivity contribution in [1.29, 1.82) is 0 Å². The standard InChI is InChI=1S/C12H16N2O3/c15-10-5-3-4-9(8-10)13-11-6-1-2-7-12(11)14(16)17/h1-2,6-7,9-10,13,15H,3-5,8H2/t9-,10+/m1/s1. The molecule has 17 heavy (non-hydrogen) atoms. The number of aliphatic hydroxyl groups excluding tert-OH is 1. The number of para-hydroxylation sites is 2. The van der Waals surface area contributed by atoms with Crippen LogP contribution in [0.4, 0.5) is 11.4 Å². The lowest BCUT2D eigenvalue weighted by Crippen LogP contribution is -2.30. The molecule has 0 heterocycles. The highest BCUT2D eigenvalue weighted by Gasteiger charge is 2.22. The van der Waals surface area contributed by atoms with E-state index in [1.165, 1.54) is 6.07 Å². The van der Waals surface area contributed by atoms with E-state index >= 15 is 0 Å². The van der Waals surface area contributed by atoms with Gasteiger partial charge in [0, 0.05) is 12.1 Å². The summed E-state index contributed by atoms with van der Waals surface area (Å²) in [6.07, 6.45) is 3.10. The lowest BCUT2D eigenvalue weighted by atomic mass is 9.93. The van der Waals surface area contributed by atoms with Crippen LogP contribution in [0.3, 0.4) is 0 Å². The highest BCUT2D eigenvalue weighted by molar-refractivity contribution is 5.61. The molecular formula is C12H16N2O3. The van der Waals surface area contributed by atoms with E-state index < -0.39 is 0 Å². The summed E-state index contributed by atoms with van der Waals surface area (Å²) in [5.41, 5.74) is 0.629. The monoisotopic (exact) mass is 236 g/mol. The molecule has 0 aliphatic heterocycles. The third-order valence-corrected chi connectivity index (χ3v) is 3.11. The van der Waals surface area contributed by atoms with Crippen molar-refractivity contribution in [2.75, 3.05) is 5.32 Å². The number of hydrogen-bond donors (Lipinski definition) is 2. The van der Waals surface area contributed by atoms with Crippen LogP contribution >= 0.6 is 0 Å². The van der Waals surface area contributed by atoms with E-state index in [0.29, 0.717) is 12.1 Å². The zero-order chi connectivity index (χ0) is 12.3. The first kappa shape index (κ1) is 11.9. The summed E-state index contributed by atoms with van der Waals surface area (Å²) >= 11 is 0. The molecule has 2 N–H and O–H groups in total. The van der Waals surface area contributed by atoms with Crippen molar-refractivity contribution in [1.82, 2.24) is 0 Å². The maximum absolute atomic E-state index is 10.8. The average molecular weight is 236 g/mol. The quantitative estimate of drug-likeness (QED) is 0.623. The zero-order valence-corrected chi connectivity index (χ0v) is 9.50. The molecule has 1 fully saturated rings. The van der Waals surface area contributed by atoms with Gasteiger partial charge >= 0.3 is 0 Å². The molecular weight excluding hydrogens is 220 g/mol. The molecule has 2 rings (SSSR count). The number of rotatable bonds is 3. The predicted octanol–water partition coefficient (Wildman–Crippen LogP) is 2.31. The van der Waals surface area contributed by atoms with Crippen molar-refractivity contribution in [2.24, 2.45) is 0 Å². The SMILES string of the molecule is O=[N+]([O-])c1ccccc1N[C@@H]1CCC[C@H](O)C1. The Balaban J connectivity index is 2.10. The van der Waals surface area contributed by atoms with Crippen molar-refractivity contribution in [3.05, 3.63) is 34.4 Å². The molecule has 0 spiro atoms. The van der Waals surface area contributed by atoms with E-state index in [-0.39, 0.29) is 22.8 Å². The van der Waals surface area contributed by atoms with Crippen LogP contribution in [0.5, 0.6) is 0 Å². The number of hydrogen-bond acceptors (Lipinski definition) is 4. The Bertz CT molecular complexity index is 408. The molecule has 5 nitrogen and oxygen atoms in total. The Kier molecular flexibility index (Phi) is 3.58. The van der Waals surface area contributed by atoms with Gasteiger partial charge in [0.05, 0.1) is 11.0 Å². The summed E-state index contributed by atoms with van der Waals surface area (Å²) in [6, 6.07) is 6.74. The van der Waals surface area contributed by atoms with E-state index in [2.05, 4.69) is 5.32 Å². The van der Waals surface area contributed by atoms with Gasteiger partial charge in [-0.1, -0.05) is 12.1 Å². The summed E-state index contributed by atoms with van der Waals surface area (Å²) < 4.78 is 0. The Morgan fingerprint density at radius 1 is 1.35 bits per heavy atom. The fourth-order valence-electron chi connectivity index (χ4n) is 2.27. The maximum atomic E-state index is 10.8. The van der Waals surface area contributed by atoms with Crippen molar-refractivity contribution in [2.45, 2.75) is 37.8 Å². The van der Waals surface area contributed by atoms with Gasteiger partial charge < -0.3 is 10.4 Å². The summed E-state index contributed by atoms with van der Waals surface area (Å²) in [6.45, 7) is 0. The highest BCUT2D eigenvalue weighted by atomic mass is 16.6. The van der Waals surface area contributed by atoms with Gasteiger partial charge in [0.15, 0.2) is 0 Å². The van der Waals surface area contributed by atoms with Crippen LogP contribution in [0, 0.1) is 10.1 Å². The number of nitrogens with one attached hydrogen (secondary N) is 1. The molecule has 0 bridgehead atoms. The molecule has 1 aromatic rings. The van der Waals surface area contributed by atoms with Gasteiger partial charge in [-0.3, -0.25) is 10.1 Å². The molecule has 1 aliphatic rings. The van der Waals surface area contributed by atoms with Crippen LogP contribution in [0.15, 0.2) is 24.3 Å². The second-order valence-electron chi connectivity index (χ2n) is 4.44. The second kappa shape index (κ2) is 5.14. The summed E-state index contributed by atoms with van der Waals surface area (Å²) in [7, 11) is 0. The maximum Gasteiger partial charge on any atom is 0.292 e. The molecule has 0 unspecified atom stereocenters. The molecule has 1 aromatic carbocycles. The fourth-order valence-corrected chi connectivity index (χ4v) is 2.27. The predicted molar refractivity (Wildman–Crippen MR) is 65.0 cm³/mol. The average Bonchev–Trinajstić information content (AvgIpc) is 2.29. The van der Waals surface area contributed by atoms with Crippen molar-refractivity contribution >= 4 is 11.4 Å². The minimum absolute atomic E-state index is 0.0903. The Hall–Kier alpha value is -1.62. The van der Waals surface area contributed by atoms with Gasteiger partial charge in [0.25, 0.3) is 5.69 Å². The molecule has 5 heteroatoms. The molecule has 0 saturated heterocycles. The number of nitrogens with zero attached hydrogens (tertiary/aromatic N) is 1. The van der Waals surface area contributed by atoms with Gasteiger partial charge in [-0.2, -0.15) is 0 Å². The minimum atomic E-state index is -0.387. The number of aliphatic hydroxyl groups is 1. The first-order chi connectivity index (χ1) is 8.16. The first-order valence-electron chi connectivity index (χ1n) is 5.85. The van der Waals surface area contributed by atoms with Crippen LogP contribution in [0.1, 0.15) is 25.7 Å². The van der Waals surface area contributed by atoms with Gasteiger partial charge in [0.2, 0.25) is 0 Å². The summed E-state index contributed by atoms with van der Waals surface area (Å²) in [4.78, 5) is 10.5. The third-order valence-electron chi connectivity index (χ3n) is 3.11. The first-order valence-corrected chi connectivity index (χ1v) is 5.85. The van der Waals surface area contributed by atoms with Crippen LogP contribution in [-0.2, 0) is 0 Å². The van der Waals surface area contributed by atoms with Crippen LogP contribution in [0.2, 0.25) is 0 Å². The number of benzene rings is 1. The normalized spacial score (nSPS) is 24.3. The van der Waals surface area contributed by atoms with Crippen molar-refractivity contribution in [3.63, 3.8) is 0 Å². The second-order valence-corrected chi connectivity index (χ2v) is 4.44. The lowest BCUT2D eigenvalue weighted by molar-refractivity contribution is -0.384. The van der Waals surface area contributed by atoms with E-state index in [1.54, 1.807) is 18.2 Å². The Morgan fingerprint density at radius 2 is 2.12 bits per heavy atom.